The van der Waals surface area contributed by atoms with Crippen LogP contribution in [0.4, 0.5) is 0 Å². The van der Waals surface area contributed by atoms with Crippen LogP contribution in [0.15, 0.2) is 24.3 Å². The molecule has 1 aliphatic carbocycles. The average molecular weight is 428 g/mol. The fourth-order valence-corrected chi connectivity index (χ4v) is 5.19. The molecule has 1 aliphatic heterocycles. The van der Waals surface area contributed by atoms with Crippen molar-refractivity contribution in [2.24, 2.45) is 5.92 Å². The molecule has 1 heterocycles. The molecular weight excluding hydrogens is 388 g/mol. The highest BCUT2D eigenvalue weighted by molar-refractivity contribution is 6.16. The number of imide groups is 1. The number of carbonyl (C=O) groups is 3. The van der Waals surface area contributed by atoms with E-state index in [9.17, 15) is 14.4 Å². The number of hydrogen-bond donors (Lipinski definition) is 0. The van der Waals surface area contributed by atoms with Gasteiger partial charge in [-0.3, -0.25) is 19.3 Å². The van der Waals surface area contributed by atoms with Crippen LogP contribution in [-0.2, 0) is 33.6 Å². The zero-order valence-electron chi connectivity index (χ0n) is 19.7. The molecular formula is C26H38N2O3. The van der Waals surface area contributed by atoms with E-state index in [0.29, 0.717) is 39.1 Å². The SMILES string of the molecule is C.[2H]CCc1cc(C)c(CC)c(CCC(=O)C2(N3C(=O)C=CC3=O)CCC2CN(C)C)c1. The van der Waals surface area contributed by atoms with Gasteiger partial charge in [0, 0.05) is 32.4 Å². The van der Waals surface area contributed by atoms with Gasteiger partial charge in [-0.2, -0.15) is 0 Å². The predicted molar refractivity (Wildman–Crippen MR) is 125 cm³/mol. The molecule has 0 saturated heterocycles. The minimum absolute atomic E-state index is 0. The van der Waals surface area contributed by atoms with Gasteiger partial charge in [-0.15, -0.1) is 0 Å². The molecule has 2 unspecified atom stereocenters. The molecule has 3 rings (SSSR count). The van der Waals surface area contributed by atoms with Crippen LogP contribution in [0.5, 0.6) is 0 Å². The van der Waals surface area contributed by atoms with Gasteiger partial charge >= 0.3 is 0 Å². The van der Waals surface area contributed by atoms with Crippen LogP contribution >= 0.6 is 0 Å². The van der Waals surface area contributed by atoms with E-state index in [4.69, 9.17) is 1.37 Å². The molecule has 0 bridgehead atoms. The van der Waals surface area contributed by atoms with Crippen molar-refractivity contribution in [3.8, 4) is 0 Å². The highest BCUT2D eigenvalue weighted by Gasteiger charge is 2.59. The summed E-state index contributed by atoms with van der Waals surface area (Å²) >= 11 is 0. The topological polar surface area (TPSA) is 57.7 Å². The third kappa shape index (κ3) is 4.52. The fourth-order valence-electron chi connectivity index (χ4n) is 5.19. The smallest absolute Gasteiger partial charge is 0.254 e. The Kier molecular flexibility index (Phi) is 7.47. The van der Waals surface area contributed by atoms with Crippen LogP contribution < -0.4 is 0 Å². The molecule has 0 aromatic heterocycles. The van der Waals surface area contributed by atoms with E-state index in [2.05, 4.69) is 26.0 Å². The van der Waals surface area contributed by atoms with Gasteiger partial charge in [0.1, 0.15) is 5.54 Å². The van der Waals surface area contributed by atoms with Gasteiger partial charge in [0.15, 0.2) is 5.78 Å². The van der Waals surface area contributed by atoms with Crippen molar-refractivity contribution < 1.29 is 15.8 Å². The number of Topliss-reactive ketones (excluding diaryl/α,β-unsaturated/α-hetero) is 1. The number of benzene rings is 1. The zero-order chi connectivity index (χ0) is 22.8. The van der Waals surface area contributed by atoms with Gasteiger partial charge in [-0.05, 0) is 75.4 Å². The van der Waals surface area contributed by atoms with E-state index < -0.39 is 5.54 Å². The summed E-state index contributed by atoms with van der Waals surface area (Å²) in [5.74, 6) is -0.792. The van der Waals surface area contributed by atoms with Crippen LogP contribution in [0, 0.1) is 12.8 Å². The van der Waals surface area contributed by atoms with Gasteiger partial charge in [-0.1, -0.05) is 33.4 Å². The van der Waals surface area contributed by atoms with Gasteiger partial charge < -0.3 is 4.90 Å². The summed E-state index contributed by atoms with van der Waals surface area (Å²) in [7, 11) is 3.90. The van der Waals surface area contributed by atoms with E-state index in [-0.39, 0.29) is 30.9 Å². The second-order valence-corrected chi connectivity index (χ2v) is 8.84. The summed E-state index contributed by atoms with van der Waals surface area (Å²) in [5, 5.41) is 0. The van der Waals surface area contributed by atoms with Crippen LogP contribution in [0.3, 0.4) is 0 Å². The van der Waals surface area contributed by atoms with Gasteiger partial charge in [-0.25, -0.2) is 0 Å². The maximum absolute atomic E-state index is 13.7. The number of amides is 2. The normalized spacial score (nSPS) is 23.1. The maximum atomic E-state index is 13.7. The number of nitrogens with zero attached hydrogens (tertiary/aromatic N) is 2. The van der Waals surface area contributed by atoms with Crippen LogP contribution in [0.1, 0.15) is 64.1 Å². The highest BCUT2D eigenvalue weighted by Crippen LogP contribution is 2.46. The number of rotatable bonds is 9. The van der Waals surface area contributed by atoms with E-state index in [0.717, 1.165) is 24.0 Å². The monoisotopic (exact) mass is 427 g/mol. The Balaban J connectivity index is 0.00000363. The second kappa shape index (κ2) is 9.90. The molecule has 2 aliphatic rings. The fraction of sp³-hybridized carbons (Fsp3) is 0.577. The Morgan fingerprint density at radius 2 is 1.90 bits per heavy atom. The lowest BCUT2D eigenvalue weighted by Crippen LogP contribution is -2.68. The molecule has 0 radical (unpaired) electrons. The molecule has 2 amide bonds. The zero-order valence-corrected chi connectivity index (χ0v) is 18.7. The van der Waals surface area contributed by atoms with E-state index in [1.165, 1.54) is 28.2 Å². The average Bonchev–Trinajstić information content (AvgIpc) is 3.03. The summed E-state index contributed by atoms with van der Waals surface area (Å²) in [6.45, 7) is 5.21. The van der Waals surface area contributed by atoms with Crippen molar-refractivity contribution in [2.45, 2.75) is 72.2 Å². The summed E-state index contributed by atoms with van der Waals surface area (Å²) in [6.07, 6.45) is 6.42. The molecule has 2 atom stereocenters. The van der Waals surface area contributed by atoms with Crippen molar-refractivity contribution in [1.29, 1.82) is 0 Å². The quantitative estimate of drug-likeness (QED) is 0.561. The minimum Gasteiger partial charge on any atom is -0.309 e. The lowest BCUT2D eigenvalue weighted by molar-refractivity contribution is -0.164. The molecule has 0 spiro atoms. The van der Waals surface area contributed by atoms with E-state index in [1.807, 2.05) is 19.0 Å². The summed E-state index contributed by atoms with van der Waals surface area (Å²) in [5.41, 5.74) is 3.71. The first-order chi connectivity index (χ1) is 14.7. The third-order valence-corrected chi connectivity index (χ3v) is 6.71. The number of ketones is 1. The molecule has 5 heteroatoms. The lowest BCUT2D eigenvalue weighted by atomic mass is 9.62. The van der Waals surface area contributed by atoms with Crippen LogP contribution in [0.25, 0.3) is 0 Å². The molecule has 5 nitrogen and oxygen atoms in total. The Labute approximate surface area is 188 Å². The predicted octanol–water partition coefficient (Wildman–Crippen LogP) is 3.89. The third-order valence-electron chi connectivity index (χ3n) is 6.71. The van der Waals surface area contributed by atoms with Crippen molar-refractivity contribution in [1.82, 2.24) is 9.80 Å². The van der Waals surface area contributed by atoms with Crippen molar-refractivity contribution in [2.75, 3.05) is 20.6 Å². The summed E-state index contributed by atoms with van der Waals surface area (Å²) in [6, 6.07) is 4.28. The van der Waals surface area contributed by atoms with Crippen LogP contribution in [-0.4, -0.2) is 53.6 Å². The standard InChI is InChI=1S/C25H34N2O3.CH4/c1-6-18-14-17(3)21(7-2)19(15-18)8-9-22(28)25(13-12-20(25)16-26(4)5)27-23(29)10-11-24(27)30;/h10-11,14-15,20H,6-9,12-13,16H2,1-5H3;1H4/i1D;. The first-order valence-electron chi connectivity index (χ1n) is 11.6. The van der Waals surface area contributed by atoms with Gasteiger partial charge in [0.05, 0.1) is 0 Å². The lowest BCUT2D eigenvalue weighted by Gasteiger charge is -2.53. The first kappa shape index (κ1) is 23.4. The Morgan fingerprint density at radius 3 is 2.42 bits per heavy atom. The molecule has 1 fully saturated rings. The first-order valence-corrected chi connectivity index (χ1v) is 10.9. The van der Waals surface area contributed by atoms with Crippen molar-refractivity contribution in [3.05, 3.63) is 46.5 Å². The number of carbonyl (C=O) groups excluding carboxylic acids is 3. The highest BCUT2D eigenvalue weighted by atomic mass is 16.2. The van der Waals surface area contributed by atoms with Crippen LogP contribution in [0.2, 0.25) is 0 Å². The molecule has 170 valence electrons. The van der Waals surface area contributed by atoms with Crippen molar-refractivity contribution in [3.63, 3.8) is 0 Å². The molecule has 31 heavy (non-hydrogen) atoms. The van der Waals surface area contributed by atoms with Gasteiger partial charge in [0.25, 0.3) is 11.8 Å². The summed E-state index contributed by atoms with van der Waals surface area (Å²) < 4.78 is 7.54. The minimum atomic E-state index is -1.03. The molecule has 1 aromatic rings. The Hall–Kier alpha value is -2.27. The van der Waals surface area contributed by atoms with Crippen molar-refractivity contribution >= 4 is 17.6 Å². The van der Waals surface area contributed by atoms with E-state index >= 15 is 0 Å². The van der Waals surface area contributed by atoms with Gasteiger partial charge in [0.2, 0.25) is 0 Å². The number of aryl methyl sites for hydroxylation is 3. The summed E-state index contributed by atoms with van der Waals surface area (Å²) in [4.78, 5) is 42.0. The molecule has 0 N–H and O–H groups in total. The Morgan fingerprint density at radius 1 is 1.23 bits per heavy atom. The molecule has 1 aromatic carbocycles. The van der Waals surface area contributed by atoms with E-state index in [1.54, 1.807) is 0 Å². The molecule has 1 saturated carbocycles. The second-order valence-electron chi connectivity index (χ2n) is 8.84. The largest absolute Gasteiger partial charge is 0.309 e. The number of hydrogen-bond acceptors (Lipinski definition) is 4. The Bertz CT molecular complexity index is 891. The maximum Gasteiger partial charge on any atom is 0.254 e.